The number of carbonyl (C=O) groups is 3. The molecule has 0 radical (unpaired) electrons. The van der Waals surface area contributed by atoms with Gasteiger partial charge in [-0.2, -0.15) is 0 Å². The van der Waals surface area contributed by atoms with Gasteiger partial charge in [-0.05, 0) is 122 Å². The minimum absolute atomic E-state index is 0.0859. The summed E-state index contributed by atoms with van der Waals surface area (Å²) in [5.41, 5.74) is 0. The summed E-state index contributed by atoms with van der Waals surface area (Å²) >= 11 is 0. The van der Waals surface area contributed by atoms with Gasteiger partial charge in [-0.1, -0.05) is 272 Å². The van der Waals surface area contributed by atoms with Crippen molar-refractivity contribution in [3.8, 4) is 0 Å². The summed E-state index contributed by atoms with van der Waals surface area (Å²) in [6, 6.07) is 0. The number of unbranched alkanes of at least 4 members (excludes halogenated alkanes) is 32. The molecule has 0 aliphatic rings. The SMILES string of the molecule is CC/C=C\C/C=C\C/C=C\C/C=C\C/C=C\CCCCCCCCCCCC(=O)OCC(COC(=O)CCCCCCC/C=C\CCCCCCCCC)OC(=O)CCCCCCCCC/C=C\C/C=C\CCCCCC. The van der Waals surface area contributed by atoms with Crippen molar-refractivity contribution in [1.29, 1.82) is 0 Å². The van der Waals surface area contributed by atoms with Crippen LogP contribution in [0.1, 0.15) is 316 Å². The Hall–Kier alpha value is -3.67. The van der Waals surface area contributed by atoms with Gasteiger partial charge in [0.05, 0.1) is 0 Å². The van der Waals surface area contributed by atoms with E-state index in [0.29, 0.717) is 19.3 Å². The Morgan fingerprint density at radius 1 is 0.273 bits per heavy atom. The number of carbonyl (C=O) groups excluding carboxylic acids is 3. The lowest BCUT2D eigenvalue weighted by Gasteiger charge is -2.18. The van der Waals surface area contributed by atoms with Crippen LogP contribution in [-0.4, -0.2) is 37.2 Å². The lowest BCUT2D eigenvalue weighted by molar-refractivity contribution is -0.167. The van der Waals surface area contributed by atoms with Gasteiger partial charge in [-0.25, -0.2) is 0 Å². The normalized spacial score (nSPS) is 12.7. The summed E-state index contributed by atoms with van der Waals surface area (Å²) in [6.45, 7) is 6.52. The molecular formula is C71H122O6. The first kappa shape index (κ1) is 73.3. The first-order valence-corrected chi connectivity index (χ1v) is 32.7. The van der Waals surface area contributed by atoms with Crippen LogP contribution in [0.15, 0.2) is 97.2 Å². The Balaban J connectivity index is 4.38. The second-order valence-corrected chi connectivity index (χ2v) is 21.6. The number of esters is 3. The molecule has 0 amide bonds. The number of allylic oxidation sites excluding steroid dienone is 16. The lowest BCUT2D eigenvalue weighted by Crippen LogP contribution is -2.30. The maximum absolute atomic E-state index is 12.9. The average Bonchev–Trinajstić information content (AvgIpc) is 3.43. The monoisotopic (exact) mass is 1070 g/mol. The van der Waals surface area contributed by atoms with Gasteiger partial charge in [0.2, 0.25) is 0 Å². The zero-order valence-corrected chi connectivity index (χ0v) is 50.7. The van der Waals surface area contributed by atoms with E-state index in [1.54, 1.807) is 0 Å². The van der Waals surface area contributed by atoms with Crippen LogP contribution in [0.5, 0.6) is 0 Å². The van der Waals surface area contributed by atoms with Crippen LogP contribution in [0.2, 0.25) is 0 Å². The highest BCUT2D eigenvalue weighted by atomic mass is 16.6. The van der Waals surface area contributed by atoms with Crippen LogP contribution in [0, 0.1) is 0 Å². The fourth-order valence-corrected chi connectivity index (χ4v) is 9.14. The highest BCUT2D eigenvalue weighted by Crippen LogP contribution is 2.16. The summed E-state index contributed by atoms with van der Waals surface area (Å²) in [6.07, 6.45) is 86.9. The molecule has 0 aliphatic carbocycles. The highest BCUT2D eigenvalue weighted by molar-refractivity contribution is 5.71. The van der Waals surface area contributed by atoms with Crippen molar-refractivity contribution in [2.24, 2.45) is 0 Å². The molecule has 1 atom stereocenters. The fourth-order valence-electron chi connectivity index (χ4n) is 9.14. The Morgan fingerprint density at radius 2 is 0.506 bits per heavy atom. The summed E-state index contributed by atoms with van der Waals surface area (Å²) in [4.78, 5) is 38.4. The molecule has 442 valence electrons. The van der Waals surface area contributed by atoms with Gasteiger partial charge in [0.1, 0.15) is 13.2 Å². The summed E-state index contributed by atoms with van der Waals surface area (Å²) in [5.74, 6) is -0.896. The van der Waals surface area contributed by atoms with Gasteiger partial charge in [0, 0.05) is 19.3 Å². The van der Waals surface area contributed by atoms with E-state index in [2.05, 4.69) is 118 Å². The minimum atomic E-state index is -0.790. The van der Waals surface area contributed by atoms with Crippen molar-refractivity contribution in [3.63, 3.8) is 0 Å². The highest BCUT2D eigenvalue weighted by Gasteiger charge is 2.19. The van der Waals surface area contributed by atoms with E-state index in [4.69, 9.17) is 14.2 Å². The third-order valence-corrected chi connectivity index (χ3v) is 14.0. The van der Waals surface area contributed by atoms with Crippen LogP contribution in [0.3, 0.4) is 0 Å². The minimum Gasteiger partial charge on any atom is -0.462 e. The molecule has 0 heterocycles. The molecule has 0 bridgehead atoms. The van der Waals surface area contributed by atoms with E-state index in [-0.39, 0.29) is 31.1 Å². The maximum Gasteiger partial charge on any atom is 0.306 e. The quantitative estimate of drug-likeness (QED) is 0.0261. The Morgan fingerprint density at radius 3 is 0.818 bits per heavy atom. The van der Waals surface area contributed by atoms with Crippen molar-refractivity contribution < 1.29 is 28.6 Å². The van der Waals surface area contributed by atoms with E-state index in [9.17, 15) is 14.4 Å². The van der Waals surface area contributed by atoms with Crippen molar-refractivity contribution >= 4 is 17.9 Å². The molecule has 0 aromatic carbocycles. The van der Waals surface area contributed by atoms with E-state index in [1.807, 2.05) is 0 Å². The smallest absolute Gasteiger partial charge is 0.306 e. The van der Waals surface area contributed by atoms with Crippen molar-refractivity contribution in [3.05, 3.63) is 97.2 Å². The predicted molar refractivity (Wildman–Crippen MR) is 334 cm³/mol. The molecule has 0 aromatic rings. The average molecular weight is 1070 g/mol. The molecule has 0 aliphatic heterocycles. The van der Waals surface area contributed by atoms with Crippen molar-refractivity contribution in [1.82, 2.24) is 0 Å². The summed E-state index contributed by atoms with van der Waals surface area (Å²) < 4.78 is 16.9. The van der Waals surface area contributed by atoms with Crippen LogP contribution < -0.4 is 0 Å². The molecule has 0 aromatic heterocycles. The molecule has 0 saturated heterocycles. The van der Waals surface area contributed by atoms with Crippen molar-refractivity contribution in [2.75, 3.05) is 13.2 Å². The second kappa shape index (κ2) is 64.9. The molecular weight excluding hydrogens is 949 g/mol. The van der Waals surface area contributed by atoms with E-state index >= 15 is 0 Å². The van der Waals surface area contributed by atoms with Gasteiger partial charge in [-0.3, -0.25) is 14.4 Å². The van der Waals surface area contributed by atoms with Gasteiger partial charge in [0.25, 0.3) is 0 Å². The summed E-state index contributed by atoms with van der Waals surface area (Å²) in [5, 5.41) is 0. The molecule has 0 fully saturated rings. The maximum atomic E-state index is 12.9. The topological polar surface area (TPSA) is 78.9 Å². The third kappa shape index (κ3) is 63.0. The molecule has 77 heavy (non-hydrogen) atoms. The van der Waals surface area contributed by atoms with Gasteiger partial charge >= 0.3 is 17.9 Å². The van der Waals surface area contributed by atoms with Crippen LogP contribution in [0.4, 0.5) is 0 Å². The standard InChI is InChI=1S/C71H122O6/c1-4-7-10-13-16-19-22-25-28-31-33-34-35-36-37-38-39-41-43-46-49-52-55-58-61-64-70(73)76-67-68(66-75-69(72)63-60-57-54-51-48-45-42-30-27-24-21-18-15-12-9-6-3)77-71(74)65-62-59-56-53-50-47-44-40-32-29-26-23-20-17-14-11-8-5-2/h7,10,16,19-20,23,25,28-30,32-34,36-37,42,68H,4-6,8-9,11-15,17-18,21-22,24,26-27,31,35,38-41,43-67H2,1-3H3/b10-7-,19-16-,23-20-,28-25-,32-29-,34-33-,37-36-,42-30-. The number of hydrogen-bond donors (Lipinski definition) is 0. The molecule has 1 unspecified atom stereocenters. The largest absolute Gasteiger partial charge is 0.462 e. The second-order valence-electron chi connectivity index (χ2n) is 21.6. The summed E-state index contributed by atoms with van der Waals surface area (Å²) in [7, 11) is 0. The fraction of sp³-hybridized carbons (Fsp3) is 0.732. The third-order valence-electron chi connectivity index (χ3n) is 14.0. The molecule has 0 N–H and O–H groups in total. The first-order chi connectivity index (χ1) is 38.0. The predicted octanol–water partition coefficient (Wildman–Crippen LogP) is 22.4. The van der Waals surface area contributed by atoms with Gasteiger partial charge in [-0.15, -0.1) is 0 Å². The molecule has 6 heteroatoms. The van der Waals surface area contributed by atoms with Gasteiger partial charge in [0.15, 0.2) is 6.10 Å². The first-order valence-electron chi connectivity index (χ1n) is 32.7. The van der Waals surface area contributed by atoms with E-state index in [1.165, 1.54) is 161 Å². The van der Waals surface area contributed by atoms with E-state index < -0.39 is 6.10 Å². The zero-order valence-electron chi connectivity index (χ0n) is 50.7. The van der Waals surface area contributed by atoms with Gasteiger partial charge < -0.3 is 14.2 Å². The Kier molecular flexibility index (Phi) is 61.8. The molecule has 0 rings (SSSR count). The van der Waals surface area contributed by atoms with Crippen molar-refractivity contribution in [2.45, 2.75) is 322 Å². The lowest BCUT2D eigenvalue weighted by atomic mass is 10.1. The molecule has 0 spiro atoms. The van der Waals surface area contributed by atoms with Crippen LogP contribution in [0.25, 0.3) is 0 Å². The zero-order chi connectivity index (χ0) is 55.7. The number of ether oxygens (including phenoxy) is 3. The number of rotatable bonds is 59. The number of hydrogen-bond acceptors (Lipinski definition) is 6. The Bertz CT molecular complexity index is 1510. The van der Waals surface area contributed by atoms with Crippen LogP contribution in [-0.2, 0) is 28.6 Å². The molecule has 6 nitrogen and oxygen atoms in total. The molecule has 0 saturated carbocycles. The van der Waals surface area contributed by atoms with E-state index in [0.717, 1.165) is 116 Å². The van der Waals surface area contributed by atoms with Crippen LogP contribution >= 0.6 is 0 Å². The Labute approximate surface area is 477 Å².